The summed E-state index contributed by atoms with van der Waals surface area (Å²) in [6, 6.07) is 6.96. The molecule has 0 aliphatic rings. The Hall–Kier alpha value is -1.83. The second-order valence-corrected chi connectivity index (χ2v) is 3.43. The number of carbonyl (C=O) groups is 1. The quantitative estimate of drug-likeness (QED) is 0.465. The third-order valence-electron chi connectivity index (χ3n) is 2.10. The van der Waals surface area contributed by atoms with E-state index in [-0.39, 0.29) is 5.75 Å². The molecular formula is C13H14O2. The fraction of sp³-hybridized carbons (Fsp3) is 0.154. The summed E-state index contributed by atoms with van der Waals surface area (Å²) in [6.07, 6.45) is 4.48. The van der Waals surface area contributed by atoms with Crippen LogP contribution in [-0.4, -0.2) is 11.4 Å². The second kappa shape index (κ2) is 5.15. The van der Waals surface area contributed by atoms with Crippen molar-refractivity contribution in [2.75, 3.05) is 0 Å². The first-order chi connectivity index (χ1) is 7.13. The van der Waals surface area contributed by atoms with Gasteiger partial charge in [0, 0.05) is 0 Å². The lowest BCUT2D eigenvalue weighted by molar-refractivity contribution is -0.104. The minimum atomic E-state index is 0.256. The number of carbonyl (C=O) groups excluding carboxylic acids is 1. The molecule has 1 N–H and O–H groups in total. The Morgan fingerprint density at radius 2 is 1.73 bits per heavy atom. The summed E-state index contributed by atoms with van der Waals surface area (Å²) in [5.41, 5.74) is 2.77. The zero-order valence-electron chi connectivity index (χ0n) is 8.90. The molecule has 0 saturated heterocycles. The summed E-state index contributed by atoms with van der Waals surface area (Å²) >= 11 is 0. The Balaban J connectivity index is 2.89. The van der Waals surface area contributed by atoms with Gasteiger partial charge in [0.25, 0.3) is 0 Å². The van der Waals surface area contributed by atoms with Crippen molar-refractivity contribution < 1.29 is 9.90 Å². The SMILES string of the molecule is CC(C=O)=CC=C(C)c1ccc(O)cc1. The summed E-state index contributed by atoms with van der Waals surface area (Å²) in [6.45, 7) is 3.72. The maximum Gasteiger partial charge on any atom is 0.145 e. The van der Waals surface area contributed by atoms with Gasteiger partial charge in [0.15, 0.2) is 0 Å². The number of aldehydes is 1. The summed E-state index contributed by atoms with van der Waals surface area (Å²) in [5.74, 6) is 0.256. The van der Waals surface area contributed by atoms with E-state index in [1.54, 1.807) is 25.1 Å². The van der Waals surface area contributed by atoms with Crippen molar-refractivity contribution in [1.82, 2.24) is 0 Å². The fourth-order valence-corrected chi connectivity index (χ4v) is 1.12. The smallest absolute Gasteiger partial charge is 0.145 e. The maximum absolute atomic E-state index is 10.4. The zero-order chi connectivity index (χ0) is 11.3. The summed E-state index contributed by atoms with van der Waals surface area (Å²) < 4.78 is 0. The molecule has 0 radical (unpaired) electrons. The average molecular weight is 202 g/mol. The number of allylic oxidation sites excluding steroid dienone is 4. The molecule has 15 heavy (non-hydrogen) atoms. The predicted octanol–water partition coefficient (Wildman–Crippen LogP) is 2.94. The van der Waals surface area contributed by atoms with Gasteiger partial charge in [-0.1, -0.05) is 24.3 Å². The van der Waals surface area contributed by atoms with Gasteiger partial charge in [-0.05, 0) is 42.7 Å². The van der Waals surface area contributed by atoms with Crippen LogP contribution in [0.3, 0.4) is 0 Å². The van der Waals surface area contributed by atoms with E-state index in [2.05, 4.69) is 0 Å². The van der Waals surface area contributed by atoms with Gasteiger partial charge >= 0.3 is 0 Å². The Labute approximate surface area is 89.6 Å². The highest BCUT2D eigenvalue weighted by molar-refractivity contribution is 5.74. The lowest BCUT2D eigenvalue weighted by atomic mass is 10.1. The average Bonchev–Trinajstić information content (AvgIpc) is 2.26. The van der Waals surface area contributed by atoms with E-state index in [0.717, 1.165) is 17.4 Å². The lowest BCUT2D eigenvalue weighted by Crippen LogP contribution is -1.79. The van der Waals surface area contributed by atoms with Gasteiger partial charge in [-0.3, -0.25) is 4.79 Å². The molecule has 0 amide bonds. The van der Waals surface area contributed by atoms with Crippen LogP contribution in [0.2, 0.25) is 0 Å². The second-order valence-electron chi connectivity index (χ2n) is 3.43. The van der Waals surface area contributed by atoms with E-state index >= 15 is 0 Å². The van der Waals surface area contributed by atoms with E-state index in [1.165, 1.54) is 0 Å². The number of phenols is 1. The van der Waals surface area contributed by atoms with Crippen molar-refractivity contribution in [3.63, 3.8) is 0 Å². The van der Waals surface area contributed by atoms with Gasteiger partial charge in [0.2, 0.25) is 0 Å². The molecule has 1 rings (SSSR count). The van der Waals surface area contributed by atoms with Crippen molar-refractivity contribution in [3.05, 3.63) is 47.6 Å². The van der Waals surface area contributed by atoms with E-state index in [0.29, 0.717) is 5.57 Å². The highest BCUT2D eigenvalue weighted by atomic mass is 16.3. The molecule has 0 unspecified atom stereocenters. The number of hydrogen-bond donors (Lipinski definition) is 1. The molecule has 2 heteroatoms. The number of aromatic hydroxyl groups is 1. The van der Waals surface area contributed by atoms with Crippen LogP contribution in [0.1, 0.15) is 19.4 Å². The Bertz CT molecular complexity index is 397. The van der Waals surface area contributed by atoms with Gasteiger partial charge in [-0.2, -0.15) is 0 Å². The van der Waals surface area contributed by atoms with Gasteiger partial charge in [0.05, 0.1) is 0 Å². The van der Waals surface area contributed by atoms with Crippen LogP contribution in [0.4, 0.5) is 0 Å². The van der Waals surface area contributed by atoms with E-state index in [9.17, 15) is 4.79 Å². The van der Waals surface area contributed by atoms with E-state index < -0.39 is 0 Å². The van der Waals surface area contributed by atoms with Crippen LogP contribution >= 0.6 is 0 Å². The Kier molecular flexibility index (Phi) is 3.86. The minimum absolute atomic E-state index is 0.256. The van der Waals surface area contributed by atoms with Crippen LogP contribution in [-0.2, 0) is 4.79 Å². The first kappa shape index (κ1) is 11.2. The zero-order valence-corrected chi connectivity index (χ0v) is 8.90. The van der Waals surface area contributed by atoms with Gasteiger partial charge in [0.1, 0.15) is 12.0 Å². The van der Waals surface area contributed by atoms with Crippen molar-refractivity contribution in [2.45, 2.75) is 13.8 Å². The van der Waals surface area contributed by atoms with Crippen molar-refractivity contribution in [2.24, 2.45) is 0 Å². The normalized spacial score (nSPS) is 12.7. The van der Waals surface area contributed by atoms with Gasteiger partial charge < -0.3 is 5.11 Å². The van der Waals surface area contributed by atoms with Gasteiger partial charge in [-0.15, -0.1) is 0 Å². The minimum Gasteiger partial charge on any atom is -0.508 e. The van der Waals surface area contributed by atoms with Crippen LogP contribution in [0.15, 0.2) is 42.0 Å². The molecule has 0 atom stereocenters. The maximum atomic E-state index is 10.4. The van der Waals surface area contributed by atoms with E-state index in [4.69, 9.17) is 5.11 Å². The molecule has 1 aromatic carbocycles. The first-order valence-corrected chi connectivity index (χ1v) is 4.73. The molecule has 0 fully saturated rings. The number of rotatable bonds is 3. The van der Waals surface area contributed by atoms with Crippen LogP contribution in [0, 0.1) is 0 Å². The van der Waals surface area contributed by atoms with E-state index in [1.807, 2.05) is 25.1 Å². The van der Waals surface area contributed by atoms with Crippen LogP contribution < -0.4 is 0 Å². The largest absolute Gasteiger partial charge is 0.508 e. The molecule has 0 saturated carbocycles. The van der Waals surface area contributed by atoms with Crippen molar-refractivity contribution >= 4 is 11.9 Å². The van der Waals surface area contributed by atoms with Gasteiger partial charge in [-0.25, -0.2) is 0 Å². The molecule has 1 aromatic rings. The molecule has 0 aliphatic heterocycles. The summed E-state index contributed by atoms with van der Waals surface area (Å²) in [4.78, 5) is 10.4. The molecule has 2 nitrogen and oxygen atoms in total. The van der Waals surface area contributed by atoms with Crippen LogP contribution in [0.25, 0.3) is 5.57 Å². The molecule has 0 spiro atoms. The summed E-state index contributed by atoms with van der Waals surface area (Å²) in [7, 11) is 0. The number of benzene rings is 1. The highest BCUT2D eigenvalue weighted by Crippen LogP contribution is 2.17. The number of phenolic OH excluding ortho intramolecular Hbond substituents is 1. The monoisotopic (exact) mass is 202 g/mol. The standard InChI is InChI=1S/C13H14O2/c1-10(9-14)3-4-11(2)12-5-7-13(15)8-6-12/h3-9,15H,1-2H3. The van der Waals surface area contributed by atoms with Crippen molar-refractivity contribution in [1.29, 1.82) is 0 Å². The third kappa shape index (κ3) is 3.43. The molecule has 0 heterocycles. The molecular weight excluding hydrogens is 188 g/mol. The van der Waals surface area contributed by atoms with Crippen LogP contribution in [0.5, 0.6) is 5.75 Å². The third-order valence-corrected chi connectivity index (χ3v) is 2.10. The number of hydrogen-bond acceptors (Lipinski definition) is 2. The lowest BCUT2D eigenvalue weighted by Gasteiger charge is -2.00. The topological polar surface area (TPSA) is 37.3 Å². The Morgan fingerprint density at radius 1 is 1.13 bits per heavy atom. The highest BCUT2D eigenvalue weighted by Gasteiger charge is 1.94. The predicted molar refractivity (Wildman–Crippen MR) is 61.6 cm³/mol. The molecule has 0 aromatic heterocycles. The summed E-state index contributed by atoms with van der Waals surface area (Å²) in [5, 5.41) is 9.12. The van der Waals surface area contributed by atoms with Crippen molar-refractivity contribution in [3.8, 4) is 5.75 Å². The Morgan fingerprint density at radius 3 is 2.27 bits per heavy atom. The fourth-order valence-electron chi connectivity index (χ4n) is 1.12. The first-order valence-electron chi connectivity index (χ1n) is 4.73. The molecule has 78 valence electrons. The molecule has 0 bridgehead atoms. The molecule has 0 aliphatic carbocycles.